The van der Waals surface area contributed by atoms with Crippen molar-refractivity contribution in [2.24, 2.45) is 5.41 Å². The molecule has 1 saturated carbocycles. The van der Waals surface area contributed by atoms with E-state index in [1.807, 2.05) is 0 Å². The summed E-state index contributed by atoms with van der Waals surface area (Å²) in [6.07, 6.45) is 12.5. The number of rotatable bonds is 8. The SMILES string of the molecule is CN(C)C(=O)OC[C@@H]1CC[C@@]2(COc3nc(N4CCCC5(CC(OC6CCCCO6)C5)C4)c4cnc(Cl)c(F)c4n3)CCCN12. The van der Waals surface area contributed by atoms with Crippen LogP contribution >= 0.6 is 11.6 Å². The lowest BCUT2D eigenvalue weighted by Crippen LogP contribution is -2.54. The Morgan fingerprint density at radius 2 is 1.98 bits per heavy atom. The quantitative estimate of drug-likeness (QED) is 0.356. The predicted molar refractivity (Wildman–Crippen MR) is 166 cm³/mol. The van der Waals surface area contributed by atoms with Crippen LogP contribution in [0.15, 0.2) is 6.20 Å². The number of piperidine rings is 1. The van der Waals surface area contributed by atoms with Crippen LogP contribution in [0.4, 0.5) is 15.0 Å². The fraction of sp³-hybridized carbons (Fsp3) is 0.750. The van der Waals surface area contributed by atoms with Gasteiger partial charge in [-0.1, -0.05) is 11.6 Å². The van der Waals surface area contributed by atoms with E-state index in [4.69, 9.17) is 35.5 Å². The molecule has 45 heavy (non-hydrogen) atoms. The monoisotopic (exact) mass is 646 g/mol. The third kappa shape index (κ3) is 6.15. The number of hydrogen-bond acceptors (Lipinski definition) is 10. The number of fused-ring (bicyclic) bond motifs is 2. The van der Waals surface area contributed by atoms with Crippen molar-refractivity contribution in [2.75, 3.05) is 58.5 Å². The fourth-order valence-corrected chi connectivity index (χ4v) is 8.49. The van der Waals surface area contributed by atoms with E-state index in [1.54, 1.807) is 20.3 Å². The Bertz CT molecular complexity index is 1410. The number of pyridine rings is 1. The van der Waals surface area contributed by atoms with E-state index in [0.29, 0.717) is 24.4 Å². The molecule has 4 saturated heterocycles. The van der Waals surface area contributed by atoms with Gasteiger partial charge in [-0.05, 0) is 82.6 Å². The highest BCUT2D eigenvalue weighted by molar-refractivity contribution is 6.30. The highest BCUT2D eigenvalue weighted by atomic mass is 35.5. The Balaban J connectivity index is 1.07. The molecular weight excluding hydrogens is 603 g/mol. The normalized spacial score (nSPS) is 31.6. The van der Waals surface area contributed by atoms with Gasteiger partial charge >= 0.3 is 12.1 Å². The number of anilines is 1. The highest BCUT2D eigenvalue weighted by Gasteiger charge is 2.51. The number of ether oxygens (including phenoxy) is 4. The first kappa shape index (κ1) is 31.1. The Kier molecular flexibility index (Phi) is 8.69. The van der Waals surface area contributed by atoms with Crippen molar-refractivity contribution in [1.82, 2.24) is 24.8 Å². The van der Waals surface area contributed by atoms with Crippen molar-refractivity contribution in [3.63, 3.8) is 0 Å². The molecule has 1 unspecified atom stereocenters. The number of halogens is 2. The van der Waals surface area contributed by atoms with Crippen molar-refractivity contribution >= 4 is 34.4 Å². The standard InChI is InChI=1S/C32H44ClFN6O5/c1-38(2)30(41)43-18-21-8-11-32(10-6-13-40(21)32)20-44-29-36-26-23(17-35-27(33)25(26)34)28(37-29)39-12-5-9-31(19-39)15-22(16-31)45-24-7-3-4-14-42-24/h17,21-22,24H,3-16,18-20H2,1-2H3/t21-,22?,24?,31?,32+/m0/s1. The van der Waals surface area contributed by atoms with Crippen molar-refractivity contribution in [2.45, 2.75) is 94.6 Å². The number of hydrogen-bond donors (Lipinski definition) is 0. The predicted octanol–water partition coefficient (Wildman–Crippen LogP) is 5.18. The average Bonchev–Trinajstić information content (AvgIpc) is 3.60. The van der Waals surface area contributed by atoms with E-state index in [1.165, 1.54) is 4.90 Å². The summed E-state index contributed by atoms with van der Waals surface area (Å²) in [5, 5.41) is 0.317. The Morgan fingerprint density at radius 3 is 2.78 bits per heavy atom. The first-order chi connectivity index (χ1) is 21.7. The molecule has 13 heteroatoms. The molecule has 1 aliphatic carbocycles. The maximum Gasteiger partial charge on any atom is 0.409 e. The second-order valence-corrected chi connectivity index (χ2v) is 14.3. The van der Waals surface area contributed by atoms with E-state index >= 15 is 4.39 Å². The van der Waals surface area contributed by atoms with Gasteiger partial charge in [0.05, 0.1) is 17.0 Å². The molecule has 1 amide bonds. The summed E-state index contributed by atoms with van der Waals surface area (Å²) in [6, 6.07) is 0.283. The lowest BCUT2D eigenvalue weighted by atomic mass is 9.62. The van der Waals surface area contributed by atoms with Crippen LogP contribution in [0.1, 0.15) is 70.6 Å². The fourth-order valence-electron chi connectivity index (χ4n) is 8.35. The number of amides is 1. The Labute approximate surface area is 268 Å². The molecule has 2 aromatic rings. The Hall–Kier alpha value is -2.54. The van der Waals surface area contributed by atoms with Gasteiger partial charge in [-0.25, -0.2) is 14.2 Å². The molecule has 0 radical (unpaired) electrons. The van der Waals surface area contributed by atoms with E-state index in [-0.39, 0.29) is 52.2 Å². The third-order valence-corrected chi connectivity index (χ3v) is 10.9. The molecule has 2 aromatic heterocycles. The van der Waals surface area contributed by atoms with Crippen molar-refractivity contribution in [1.29, 1.82) is 0 Å². The molecule has 0 bridgehead atoms. The van der Waals surface area contributed by atoms with E-state index in [9.17, 15) is 4.79 Å². The molecule has 0 aromatic carbocycles. The molecule has 7 rings (SSSR count). The number of nitrogens with zero attached hydrogens (tertiary/aromatic N) is 6. The zero-order valence-electron chi connectivity index (χ0n) is 26.3. The smallest absolute Gasteiger partial charge is 0.409 e. The molecular formula is C32H44ClFN6O5. The van der Waals surface area contributed by atoms with Gasteiger partial charge in [0, 0.05) is 46.0 Å². The van der Waals surface area contributed by atoms with Crippen molar-refractivity contribution < 1.29 is 28.1 Å². The summed E-state index contributed by atoms with van der Waals surface area (Å²) in [5.74, 6) is -0.0268. The summed E-state index contributed by atoms with van der Waals surface area (Å²) >= 11 is 6.12. The minimum absolute atomic E-state index is 0.0800. The van der Waals surface area contributed by atoms with Crippen LogP contribution in [0.3, 0.4) is 0 Å². The molecule has 0 N–H and O–H groups in total. The van der Waals surface area contributed by atoms with Gasteiger partial charge in [-0.2, -0.15) is 9.97 Å². The second-order valence-electron chi connectivity index (χ2n) is 13.9. The third-order valence-electron chi connectivity index (χ3n) is 10.6. The second kappa shape index (κ2) is 12.6. The number of carbonyl (C=O) groups is 1. The molecule has 5 fully saturated rings. The average molecular weight is 647 g/mol. The summed E-state index contributed by atoms with van der Waals surface area (Å²) in [5.41, 5.74) is 0.0619. The van der Waals surface area contributed by atoms with Gasteiger partial charge in [0.25, 0.3) is 0 Å². The van der Waals surface area contributed by atoms with Crippen LogP contribution in [0.5, 0.6) is 6.01 Å². The number of aromatic nitrogens is 3. The molecule has 246 valence electrons. The lowest BCUT2D eigenvalue weighted by molar-refractivity contribution is -0.223. The lowest BCUT2D eigenvalue weighted by Gasteiger charge is -2.53. The first-order valence-corrected chi connectivity index (χ1v) is 16.9. The van der Waals surface area contributed by atoms with Crippen molar-refractivity contribution in [3.05, 3.63) is 17.2 Å². The van der Waals surface area contributed by atoms with Gasteiger partial charge in [-0.3, -0.25) is 4.90 Å². The van der Waals surface area contributed by atoms with Crippen LogP contribution in [0.25, 0.3) is 10.9 Å². The zero-order valence-corrected chi connectivity index (χ0v) is 27.1. The molecule has 4 aliphatic heterocycles. The first-order valence-electron chi connectivity index (χ1n) is 16.5. The molecule has 1 spiro atoms. The largest absolute Gasteiger partial charge is 0.461 e. The van der Waals surface area contributed by atoms with E-state index < -0.39 is 5.82 Å². The zero-order chi connectivity index (χ0) is 31.2. The van der Waals surface area contributed by atoms with E-state index in [0.717, 1.165) is 96.9 Å². The van der Waals surface area contributed by atoms with E-state index in [2.05, 4.69) is 19.8 Å². The molecule has 6 heterocycles. The van der Waals surface area contributed by atoms with Gasteiger partial charge in [0.2, 0.25) is 0 Å². The molecule has 5 aliphatic rings. The van der Waals surface area contributed by atoms with Gasteiger partial charge < -0.3 is 28.7 Å². The summed E-state index contributed by atoms with van der Waals surface area (Å²) in [7, 11) is 3.37. The maximum absolute atomic E-state index is 15.4. The minimum atomic E-state index is -0.664. The maximum atomic E-state index is 15.4. The van der Waals surface area contributed by atoms with Crippen LogP contribution in [-0.2, 0) is 14.2 Å². The van der Waals surface area contributed by atoms with Crippen molar-refractivity contribution in [3.8, 4) is 6.01 Å². The van der Waals surface area contributed by atoms with Gasteiger partial charge in [0.1, 0.15) is 24.5 Å². The van der Waals surface area contributed by atoms with Crippen LogP contribution in [0, 0.1) is 11.2 Å². The number of carbonyl (C=O) groups excluding carboxylic acids is 1. The molecule has 11 nitrogen and oxygen atoms in total. The summed E-state index contributed by atoms with van der Waals surface area (Å²) in [6.45, 7) is 4.03. The topological polar surface area (TPSA) is 102 Å². The summed E-state index contributed by atoms with van der Waals surface area (Å²) in [4.78, 5) is 31.7. The Morgan fingerprint density at radius 1 is 1.13 bits per heavy atom. The highest BCUT2D eigenvalue weighted by Crippen LogP contribution is 2.51. The van der Waals surface area contributed by atoms with Gasteiger partial charge in [0.15, 0.2) is 17.3 Å². The van der Waals surface area contributed by atoms with Crippen LogP contribution in [0.2, 0.25) is 5.15 Å². The molecule has 3 atom stereocenters. The van der Waals surface area contributed by atoms with Gasteiger partial charge in [-0.15, -0.1) is 0 Å². The minimum Gasteiger partial charge on any atom is -0.461 e. The van der Waals surface area contributed by atoms with Crippen LogP contribution < -0.4 is 9.64 Å². The summed E-state index contributed by atoms with van der Waals surface area (Å²) < 4.78 is 39.4. The van der Waals surface area contributed by atoms with Crippen LogP contribution in [-0.4, -0.2) is 108 Å².